The van der Waals surface area contributed by atoms with Crippen LogP contribution in [-0.4, -0.2) is 22.2 Å². The number of anilines is 1. The van der Waals surface area contributed by atoms with Crippen molar-refractivity contribution in [3.63, 3.8) is 0 Å². The summed E-state index contributed by atoms with van der Waals surface area (Å²) < 4.78 is 0. The predicted octanol–water partition coefficient (Wildman–Crippen LogP) is 1.32. The van der Waals surface area contributed by atoms with Gasteiger partial charge < -0.3 is 16.2 Å². The number of nitrogens with one attached hydrogen (secondary N) is 1. The summed E-state index contributed by atoms with van der Waals surface area (Å²) in [5.74, 6) is 0. The predicted molar refractivity (Wildman–Crippen MR) is 63.9 cm³/mol. The van der Waals surface area contributed by atoms with Gasteiger partial charge in [-0.05, 0) is 27.7 Å². The van der Waals surface area contributed by atoms with Crippen LogP contribution in [0.4, 0.5) is 5.13 Å². The van der Waals surface area contributed by atoms with Crippen LogP contribution >= 0.6 is 11.3 Å². The monoisotopic (exact) mass is 229 g/mol. The Kier molecular flexibility index (Phi) is 3.38. The molecule has 86 valence electrons. The lowest BCUT2D eigenvalue weighted by atomic mass is 10.0. The zero-order valence-corrected chi connectivity index (χ0v) is 10.5. The first-order valence-corrected chi connectivity index (χ1v) is 5.71. The minimum Gasteiger partial charge on any atom is -0.383 e. The van der Waals surface area contributed by atoms with Crippen molar-refractivity contribution in [3.05, 3.63) is 11.1 Å². The van der Waals surface area contributed by atoms with E-state index >= 15 is 0 Å². The molecule has 1 rings (SSSR count). The maximum absolute atomic E-state index is 10.2. The number of aromatic nitrogens is 1. The molecule has 1 unspecified atom stereocenters. The second-order valence-corrected chi connectivity index (χ2v) is 6.00. The summed E-state index contributed by atoms with van der Waals surface area (Å²) >= 11 is 1.32. The van der Waals surface area contributed by atoms with Crippen molar-refractivity contribution in [1.29, 1.82) is 0 Å². The van der Waals surface area contributed by atoms with Gasteiger partial charge in [-0.1, -0.05) is 11.3 Å². The molecule has 4 nitrogen and oxygen atoms in total. The van der Waals surface area contributed by atoms with Crippen LogP contribution in [0.1, 0.15) is 32.6 Å². The molecule has 0 bridgehead atoms. The standard InChI is InChI=1S/C10H19N3OS/c1-9(2,3)13-6-10(4,14)7-5-12-8(11)15-7/h5,13-14H,6H2,1-4H3,(H2,11,12). The Labute approximate surface area is 94.5 Å². The van der Waals surface area contributed by atoms with Crippen LogP contribution in [-0.2, 0) is 5.60 Å². The van der Waals surface area contributed by atoms with E-state index in [1.54, 1.807) is 13.1 Å². The minimum atomic E-state index is -0.914. The molecule has 4 N–H and O–H groups in total. The van der Waals surface area contributed by atoms with Gasteiger partial charge in [-0.2, -0.15) is 0 Å². The third-order valence-corrected chi connectivity index (χ3v) is 3.10. The summed E-state index contributed by atoms with van der Waals surface area (Å²) in [6, 6.07) is 0. The van der Waals surface area contributed by atoms with Gasteiger partial charge in [0, 0.05) is 18.3 Å². The molecule has 0 spiro atoms. The Morgan fingerprint density at radius 2 is 2.07 bits per heavy atom. The number of hydrogen-bond donors (Lipinski definition) is 3. The molecule has 5 heteroatoms. The van der Waals surface area contributed by atoms with E-state index in [-0.39, 0.29) is 5.54 Å². The summed E-state index contributed by atoms with van der Waals surface area (Å²) in [5, 5.41) is 14.0. The van der Waals surface area contributed by atoms with E-state index < -0.39 is 5.60 Å². The Hall–Kier alpha value is -0.650. The van der Waals surface area contributed by atoms with Crippen molar-refractivity contribution in [2.24, 2.45) is 0 Å². The van der Waals surface area contributed by atoms with Gasteiger partial charge in [-0.15, -0.1) is 0 Å². The molecule has 1 heterocycles. The highest BCUT2D eigenvalue weighted by Crippen LogP contribution is 2.27. The zero-order chi connectivity index (χ0) is 11.7. The van der Waals surface area contributed by atoms with Crippen molar-refractivity contribution in [1.82, 2.24) is 10.3 Å². The normalized spacial score (nSPS) is 16.3. The van der Waals surface area contributed by atoms with Crippen LogP contribution in [0.25, 0.3) is 0 Å². The smallest absolute Gasteiger partial charge is 0.180 e. The second-order valence-electron chi connectivity index (χ2n) is 4.94. The fraction of sp³-hybridized carbons (Fsp3) is 0.700. The second kappa shape index (κ2) is 4.08. The van der Waals surface area contributed by atoms with Crippen molar-refractivity contribution in [3.8, 4) is 0 Å². The van der Waals surface area contributed by atoms with Crippen LogP contribution in [0.5, 0.6) is 0 Å². The maximum Gasteiger partial charge on any atom is 0.180 e. The summed E-state index contributed by atoms with van der Waals surface area (Å²) in [7, 11) is 0. The molecular formula is C10H19N3OS. The van der Waals surface area contributed by atoms with Gasteiger partial charge in [0.05, 0.1) is 4.88 Å². The van der Waals surface area contributed by atoms with Crippen LogP contribution in [0.2, 0.25) is 0 Å². The molecule has 0 aliphatic rings. The number of nitrogen functional groups attached to an aromatic ring is 1. The molecule has 0 amide bonds. The average molecular weight is 229 g/mol. The van der Waals surface area contributed by atoms with Gasteiger partial charge in [-0.3, -0.25) is 0 Å². The zero-order valence-electron chi connectivity index (χ0n) is 9.66. The third-order valence-electron chi connectivity index (χ3n) is 2.02. The Bertz CT molecular complexity index is 328. The lowest BCUT2D eigenvalue weighted by Crippen LogP contribution is -2.44. The van der Waals surface area contributed by atoms with E-state index in [0.717, 1.165) is 4.88 Å². The molecule has 15 heavy (non-hydrogen) atoms. The van der Waals surface area contributed by atoms with E-state index in [4.69, 9.17) is 5.73 Å². The van der Waals surface area contributed by atoms with Crippen LogP contribution < -0.4 is 11.1 Å². The van der Waals surface area contributed by atoms with E-state index in [1.807, 2.05) is 0 Å². The highest BCUT2D eigenvalue weighted by Gasteiger charge is 2.27. The largest absolute Gasteiger partial charge is 0.383 e. The fourth-order valence-corrected chi connectivity index (χ4v) is 1.79. The Morgan fingerprint density at radius 1 is 1.47 bits per heavy atom. The lowest BCUT2D eigenvalue weighted by molar-refractivity contribution is 0.0536. The average Bonchev–Trinajstić information content (AvgIpc) is 2.48. The van der Waals surface area contributed by atoms with Gasteiger partial charge in [0.25, 0.3) is 0 Å². The lowest BCUT2D eigenvalue weighted by Gasteiger charge is -2.28. The molecule has 0 saturated carbocycles. The molecule has 0 fully saturated rings. The number of β-amino-alcohol motifs (C(OH)–C–C–N with tert-alkyl or cyclic N) is 1. The first-order valence-electron chi connectivity index (χ1n) is 4.90. The molecule has 0 saturated heterocycles. The molecule has 1 atom stereocenters. The van der Waals surface area contributed by atoms with E-state index in [1.165, 1.54) is 11.3 Å². The maximum atomic E-state index is 10.2. The summed E-state index contributed by atoms with van der Waals surface area (Å²) in [4.78, 5) is 4.72. The molecule has 0 aliphatic heterocycles. The summed E-state index contributed by atoms with van der Waals surface area (Å²) in [6.07, 6.45) is 1.63. The minimum absolute atomic E-state index is 0.0137. The number of aliphatic hydroxyl groups is 1. The van der Waals surface area contributed by atoms with Crippen molar-refractivity contribution < 1.29 is 5.11 Å². The van der Waals surface area contributed by atoms with E-state index in [9.17, 15) is 5.11 Å². The molecule has 0 radical (unpaired) electrons. The van der Waals surface area contributed by atoms with Gasteiger partial charge in [-0.25, -0.2) is 4.98 Å². The summed E-state index contributed by atoms with van der Waals surface area (Å²) in [6.45, 7) is 8.43. The molecular weight excluding hydrogens is 210 g/mol. The molecule has 0 aliphatic carbocycles. The van der Waals surface area contributed by atoms with Gasteiger partial charge in [0.1, 0.15) is 5.60 Å². The molecule has 1 aromatic heterocycles. The fourth-order valence-electron chi connectivity index (χ4n) is 1.06. The highest BCUT2D eigenvalue weighted by molar-refractivity contribution is 7.15. The first kappa shape index (κ1) is 12.4. The molecule has 1 aromatic rings. The van der Waals surface area contributed by atoms with Gasteiger partial charge >= 0.3 is 0 Å². The Morgan fingerprint density at radius 3 is 2.47 bits per heavy atom. The Balaban J connectivity index is 2.67. The van der Waals surface area contributed by atoms with Gasteiger partial charge in [0.15, 0.2) is 5.13 Å². The number of nitrogens with zero attached hydrogens (tertiary/aromatic N) is 1. The number of rotatable bonds is 3. The van der Waals surface area contributed by atoms with Crippen LogP contribution in [0.3, 0.4) is 0 Å². The number of thiazole rings is 1. The quantitative estimate of drug-likeness (QED) is 0.731. The number of nitrogens with two attached hydrogens (primary N) is 1. The van der Waals surface area contributed by atoms with E-state index in [2.05, 4.69) is 31.1 Å². The van der Waals surface area contributed by atoms with Crippen molar-refractivity contribution in [2.75, 3.05) is 12.3 Å². The van der Waals surface area contributed by atoms with Crippen LogP contribution in [0.15, 0.2) is 6.20 Å². The number of hydrogen-bond acceptors (Lipinski definition) is 5. The third kappa shape index (κ3) is 3.77. The topological polar surface area (TPSA) is 71.2 Å². The molecule has 0 aromatic carbocycles. The van der Waals surface area contributed by atoms with Crippen molar-refractivity contribution in [2.45, 2.75) is 38.8 Å². The van der Waals surface area contributed by atoms with Gasteiger partial charge in [0.2, 0.25) is 0 Å². The first-order chi connectivity index (χ1) is 6.71. The highest BCUT2D eigenvalue weighted by atomic mass is 32.1. The van der Waals surface area contributed by atoms with Crippen molar-refractivity contribution >= 4 is 16.5 Å². The summed E-state index contributed by atoms with van der Waals surface area (Å²) in [5.41, 5.74) is 4.61. The SMILES string of the molecule is CC(C)(C)NCC(C)(O)c1cnc(N)s1. The van der Waals surface area contributed by atoms with Crippen LogP contribution in [0, 0.1) is 0 Å². The van der Waals surface area contributed by atoms with E-state index in [0.29, 0.717) is 11.7 Å².